The van der Waals surface area contributed by atoms with Crippen LogP contribution in [0.15, 0.2) is 36.4 Å². The summed E-state index contributed by atoms with van der Waals surface area (Å²) in [6, 6.07) is 8.59. The summed E-state index contributed by atoms with van der Waals surface area (Å²) >= 11 is 6.16. The maximum absolute atomic E-state index is 13.6. The van der Waals surface area contributed by atoms with E-state index < -0.39 is 11.6 Å². The minimum Gasteiger partial charge on any atom is -0.453 e. The Labute approximate surface area is 127 Å². The van der Waals surface area contributed by atoms with Gasteiger partial charge in [0.25, 0.3) is 0 Å². The van der Waals surface area contributed by atoms with Gasteiger partial charge in [-0.15, -0.1) is 0 Å². The predicted molar refractivity (Wildman–Crippen MR) is 80.0 cm³/mol. The van der Waals surface area contributed by atoms with Gasteiger partial charge in [-0.3, -0.25) is 0 Å². The molecular weight excluding hydrogens is 296 g/mol. The quantitative estimate of drug-likeness (QED) is 0.831. The fraction of sp³-hybridized carbons (Fsp3) is 0.250. The van der Waals surface area contributed by atoms with Crippen molar-refractivity contribution in [3.8, 4) is 11.5 Å². The molecule has 2 aromatic rings. The molecule has 0 saturated heterocycles. The van der Waals surface area contributed by atoms with Gasteiger partial charge in [-0.05, 0) is 43.3 Å². The van der Waals surface area contributed by atoms with E-state index in [2.05, 4.69) is 5.32 Å². The van der Waals surface area contributed by atoms with Gasteiger partial charge in [0.05, 0.1) is 5.02 Å². The lowest BCUT2D eigenvalue weighted by Gasteiger charge is -2.15. The van der Waals surface area contributed by atoms with Gasteiger partial charge in [-0.25, -0.2) is 8.78 Å². The minimum atomic E-state index is -0.767. The second-order valence-corrected chi connectivity index (χ2v) is 5.05. The molecule has 2 aromatic carbocycles. The molecule has 1 atom stereocenters. The Morgan fingerprint density at radius 3 is 2.48 bits per heavy atom. The van der Waals surface area contributed by atoms with E-state index in [1.165, 1.54) is 6.07 Å². The topological polar surface area (TPSA) is 21.3 Å². The Balaban J connectivity index is 2.21. The number of ether oxygens (including phenoxy) is 1. The van der Waals surface area contributed by atoms with E-state index in [-0.39, 0.29) is 11.8 Å². The van der Waals surface area contributed by atoms with Crippen LogP contribution in [0.3, 0.4) is 0 Å². The van der Waals surface area contributed by atoms with Crippen LogP contribution in [-0.2, 0) is 0 Å². The van der Waals surface area contributed by atoms with Crippen LogP contribution in [0.5, 0.6) is 11.5 Å². The van der Waals surface area contributed by atoms with Crippen molar-refractivity contribution in [3.05, 3.63) is 58.6 Å². The van der Waals surface area contributed by atoms with Crippen molar-refractivity contribution >= 4 is 11.6 Å². The Hall–Kier alpha value is -1.65. The summed E-state index contributed by atoms with van der Waals surface area (Å²) in [5.41, 5.74) is 1.01. The van der Waals surface area contributed by atoms with E-state index in [4.69, 9.17) is 16.3 Å². The Morgan fingerprint density at radius 1 is 1.14 bits per heavy atom. The first-order chi connectivity index (χ1) is 10.0. The van der Waals surface area contributed by atoms with E-state index in [0.29, 0.717) is 10.8 Å². The number of benzene rings is 2. The van der Waals surface area contributed by atoms with Crippen LogP contribution in [0, 0.1) is 11.6 Å². The highest BCUT2D eigenvalue weighted by molar-refractivity contribution is 6.32. The van der Waals surface area contributed by atoms with Crippen LogP contribution in [0.25, 0.3) is 0 Å². The largest absolute Gasteiger partial charge is 0.453 e. The number of halogens is 3. The lowest BCUT2D eigenvalue weighted by Crippen LogP contribution is -2.17. The van der Waals surface area contributed by atoms with E-state index in [1.54, 1.807) is 12.1 Å². The van der Waals surface area contributed by atoms with Crippen molar-refractivity contribution in [2.75, 3.05) is 6.54 Å². The average Bonchev–Trinajstić information content (AvgIpc) is 2.44. The SMILES string of the molecule is CCNC(C)c1ccc(Oc2ccc(F)cc2F)c(Cl)c1. The highest BCUT2D eigenvalue weighted by Crippen LogP contribution is 2.32. The molecule has 0 heterocycles. The molecule has 0 aliphatic carbocycles. The summed E-state index contributed by atoms with van der Waals surface area (Å²) in [6.07, 6.45) is 0. The molecule has 1 unspecified atom stereocenters. The van der Waals surface area contributed by atoms with Crippen molar-refractivity contribution in [1.29, 1.82) is 0 Å². The van der Waals surface area contributed by atoms with E-state index >= 15 is 0 Å². The van der Waals surface area contributed by atoms with Crippen LogP contribution < -0.4 is 10.1 Å². The molecule has 5 heteroatoms. The fourth-order valence-electron chi connectivity index (χ4n) is 1.97. The van der Waals surface area contributed by atoms with Crippen LogP contribution in [0.4, 0.5) is 8.78 Å². The lowest BCUT2D eigenvalue weighted by atomic mass is 10.1. The van der Waals surface area contributed by atoms with Crippen LogP contribution in [-0.4, -0.2) is 6.54 Å². The van der Waals surface area contributed by atoms with Gasteiger partial charge in [0, 0.05) is 12.1 Å². The molecule has 0 radical (unpaired) electrons. The normalized spacial score (nSPS) is 12.2. The van der Waals surface area contributed by atoms with E-state index in [1.807, 2.05) is 19.9 Å². The lowest BCUT2D eigenvalue weighted by molar-refractivity contribution is 0.437. The smallest absolute Gasteiger partial charge is 0.168 e. The summed E-state index contributed by atoms with van der Waals surface area (Å²) in [5.74, 6) is -1.16. The molecule has 1 N–H and O–H groups in total. The van der Waals surface area contributed by atoms with Gasteiger partial charge in [0.2, 0.25) is 0 Å². The van der Waals surface area contributed by atoms with Crippen LogP contribution >= 0.6 is 11.6 Å². The maximum atomic E-state index is 13.6. The molecule has 0 aliphatic rings. The first-order valence-electron chi connectivity index (χ1n) is 6.67. The first-order valence-corrected chi connectivity index (χ1v) is 7.04. The Morgan fingerprint density at radius 2 is 1.86 bits per heavy atom. The van der Waals surface area contributed by atoms with Crippen molar-refractivity contribution in [2.45, 2.75) is 19.9 Å². The third-order valence-electron chi connectivity index (χ3n) is 3.08. The molecule has 2 rings (SSSR count). The van der Waals surface area contributed by atoms with Crippen LogP contribution in [0.1, 0.15) is 25.5 Å². The van der Waals surface area contributed by atoms with Crippen molar-refractivity contribution in [1.82, 2.24) is 5.32 Å². The third kappa shape index (κ3) is 3.93. The standard InChI is InChI=1S/C16H16ClF2NO/c1-3-20-10(2)11-4-6-15(13(17)8-11)21-16-7-5-12(18)9-14(16)19/h4-10,20H,3H2,1-2H3. The number of hydrogen-bond donors (Lipinski definition) is 1. The second kappa shape index (κ2) is 6.87. The molecule has 21 heavy (non-hydrogen) atoms. The second-order valence-electron chi connectivity index (χ2n) is 4.65. The zero-order valence-corrected chi connectivity index (χ0v) is 12.5. The molecular formula is C16H16ClF2NO. The Kier molecular flexibility index (Phi) is 5.15. The molecule has 0 spiro atoms. The first kappa shape index (κ1) is 15.7. The summed E-state index contributed by atoms with van der Waals surface area (Å²) in [5, 5.41) is 3.65. The molecule has 2 nitrogen and oxygen atoms in total. The summed E-state index contributed by atoms with van der Waals surface area (Å²) in [7, 11) is 0. The molecule has 0 aliphatic heterocycles. The average molecular weight is 312 g/mol. The maximum Gasteiger partial charge on any atom is 0.168 e. The highest BCUT2D eigenvalue weighted by atomic mass is 35.5. The van der Waals surface area contributed by atoms with Crippen molar-refractivity contribution < 1.29 is 13.5 Å². The van der Waals surface area contributed by atoms with E-state index in [9.17, 15) is 8.78 Å². The third-order valence-corrected chi connectivity index (χ3v) is 3.38. The molecule has 0 bridgehead atoms. The van der Waals surface area contributed by atoms with E-state index in [0.717, 1.165) is 24.2 Å². The fourth-order valence-corrected chi connectivity index (χ4v) is 2.20. The zero-order valence-electron chi connectivity index (χ0n) is 11.8. The number of nitrogens with one attached hydrogen (secondary N) is 1. The van der Waals surface area contributed by atoms with Gasteiger partial charge in [0.15, 0.2) is 11.6 Å². The summed E-state index contributed by atoms with van der Waals surface area (Å²) < 4.78 is 31.8. The van der Waals surface area contributed by atoms with Gasteiger partial charge in [-0.2, -0.15) is 0 Å². The van der Waals surface area contributed by atoms with Gasteiger partial charge < -0.3 is 10.1 Å². The summed E-state index contributed by atoms with van der Waals surface area (Å²) in [6.45, 7) is 4.89. The zero-order chi connectivity index (χ0) is 15.4. The minimum absolute atomic E-state index is 0.0641. The highest BCUT2D eigenvalue weighted by Gasteiger charge is 2.11. The number of hydrogen-bond acceptors (Lipinski definition) is 2. The monoisotopic (exact) mass is 311 g/mol. The molecule has 0 amide bonds. The molecule has 0 saturated carbocycles. The van der Waals surface area contributed by atoms with Crippen LogP contribution in [0.2, 0.25) is 5.02 Å². The molecule has 112 valence electrons. The van der Waals surface area contributed by atoms with Crippen molar-refractivity contribution in [2.24, 2.45) is 0 Å². The van der Waals surface area contributed by atoms with Gasteiger partial charge in [-0.1, -0.05) is 24.6 Å². The predicted octanol–water partition coefficient (Wildman–Crippen LogP) is 5.08. The number of rotatable bonds is 5. The van der Waals surface area contributed by atoms with Gasteiger partial charge in [0.1, 0.15) is 11.6 Å². The van der Waals surface area contributed by atoms with Crippen molar-refractivity contribution in [3.63, 3.8) is 0 Å². The molecule has 0 aromatic heterocycles. The van der Waals surface area contributed by atoms with Gasteiger partial charge >= 0.3 is 0 Å². The Bertz CT molecular complexity index is 634. The molecule has 0 fully saturated rings. The summed E-state index contributed by atoms with van der Waals surface area (Å²) in [4.78, 5) is 0.